The van der Waals surface area contributed by atoms with E-state index in [-0.39, 0.29) is 10.8 Å². The van der Waals surface area contributed by atoms with Gasteiger partial charge in [0.25, 0.3) is 0 Å². The van der Waals surface area contributed by atoms with Crippen molar-refractivity contribution in [3.63, 3.8) is 0 Å². The van der Waals surface area contributed by atoms with Crippen LogP contribution in [0, 0.1) is 3.57 Å². The van der Waals surface area contributed by atoms with Gasteiger partial charge in [-0.3, -0.25) is 0 Å². The molecule has 0 heterocycles. The monoisotopic (exact) mass is 304 g/mol. The molecule has 0 atom stereocenters. The van der Waals surface area contributed by atoms with Gasteiger partial charge in [0.1, 0.15) is 5.75 Å². The van der Waals surface area contributed by atoms with Gasteiger partial charge < -0.3 is 4.74 Å². The predicted molar refractivity (Wildman–Crippen MR) is 50.8 cm³/mol. The van der Waals surface area contributed by atoms with Crippen LogP contribution in [0.1, 0.15) is 0 Å². The summed E-state index contributed by atoms with van der Waals surface area (Å²) in [5.74, 6) is 0.0126. The quantitative estimate of drug-likeness (QED) is 0.759. The van der Waals surface area contributed by atoms with Crippen molar-refractivity contribution in [3.8, 4) is 5.75 Å². The van der Waals surface area contributed by atoms with E-state index in [1.54, 1.807) is 12.1 Å². The number of ether oxygens (including phenoxy) is 1. The van der Waals surface area contributed by atoms with Gasteiger partial charge in [0.2, 0.25) is 0 Å². The van der Waals surface area contributed by atoms with Gasteiger partial charge in [-0.2, -0.15) is 8.78 Å². The highest BCUT2D eigenvalue weighted by molar-refractivity contribution is 14.1. The molecule has 0 bridgehead atoms. The summed E-state index contributed by atoms with van der Waals surface area (Å²) in [7, 11) is 0. The minimum Gasteiger partial charge on any atom is -0.433 e. The highest BCUT2D eigenvalue weighted by Gasteiger charge is 2.09. The average molecular weight is 304 g/mol. The predicted octanol–water partition coefficient (Wildman–Crippen LogP) is 3.55. The first-order valence-electron chi connectivity index (χ1n) is 3.00. The van der Waals surface area contributed by atoms with E-state index in [1.807, 2.05) is 22.6 Å². The summed E-state index contributed by atoms with van der Waals surface area (Å²) in [4.78, 5) is 0. The summed E-state index contributed by atoms with van der Waals surface area (Å²) in [6.07, 6.45) is 0. The molecular weight excluding hydrogens is 300 g/mol. The molecule has 12 heavy (non-hydrogen) atoms. The summed E-state index contributed by atoms with van der Waals surface area (Å²) in [6, 6.07) is 4.71. The maximum atomic E-state index is 11.7. The summed E-state index contributed by atoms with van der Waals surface area (Å²) in [5, 5.41) is 0.221. The van der Waals surface area contributed by atoms with Crippen molar-refractivity contribution < 1.29 is 13.5 Å². The van der Waals surface area contributed by atoms with Crippen molar-refractivity contribution in [1.29, 1.82) is 0 Å². The molecule has 0 N–H and O–H groups in total. The van der Waals surface area contributed by atoms with Gasteiger partial charge in [0.05, 0.1) is 5.02 Å². The molecular formula is C7H4ClF2IO. The van der Waals surface area contributed by atoms with Crippen LogP contribution in [0.25, 0.3) is 0 Å². The van der Waals surface area contributed by atoms with E-state index in [9.17, 15) is 8.78 Å². The Labute approximate surface area is 86.8 Å². The summed E-state index contributed by atoms with van der Waals surface area (Å²) in [6.45, 7) is -2.83. The maximum Gasteiger partial charge on any atom is 0.387 e. The molecule has 0 aliphatic rings. The van der Waals surface area contributed by atoms with Gasteiger partial charge in [-0.1, -0.05) is 17.7 Å². The van der Waals surface area contributed by atoms with Crippen molar-refractivity contribution in [2.75, 3.05) is 0 Å². The van der Waals surface area contributed by atoms with E-state index in [4.69, 9.17) is 11.6 Å². The number of rotatable bonds is 2. The van der Waals surface area contributed by atoms with Crippen LogP contribution >= 0.6 is 34.2 Å². The first-order chi connectivity index (χ1) is 5.61. The van der Waals surface area contributed by atoms with Crippen LogP contribution < -0.4 is 4.74 Å². The average Bonchev–Trinajstić information content (AvgIpc) is 1.98. The molecule has 0 saturated carbocycles. The number of halogens is 4. The lowest BCUT2D eigenvalue weighted by Crippen LogP contribution is -2.02. The fraction of sp³-hybridized carbons (Fsp3) is 0.143. The molecule has 66 valence electrons. The standard InChI is InChI=1S/C7H4ClF2IO/c8-6-4(11)2-1-3-5(6)12-7(9)10/h1-3,7H. The molecule has 1 nitrogen and oxygen atoms in total. The summed E-state index contributed by atoms with van der Waals surface area (Å²) < 4.78 is 28.3. The Morgan fingerprint density at radius 3 is 2.67 bits per heavy atom. The molecule has 1 rings (SSSR count). The number of hydrogen-bond acceptors (Lipinski definition) is 1. The van der Waals surface area contributed by atoms with Gasteiger partial charge in [0, 0.05) is 3.57 Å². The first-order valence-corrected chi connectivity index (χ1v) is 4.45. The van der Waals surface area contributed by atoms with Gasteiger partial charge in [0.15, 0.2) is 0 Å². The fourth-order valence-electron chi connectivity index (χ4n) is 0.671. The van der Waals surface area contributed by atoms with Crippen LogP contribution in [0.5, 0.6) is 5.75 Å². The van der Waals surface area contributed by atoms with Crippen LogP contribution in [0.2, 0.25) is 5.02 Å². The lowest BCUT2D eigenvalue weighted by atomic mass is 10.3. The summed E-state index contributed by atoms with van der Waals surface area (Å²) >= 11 is 7.61. The van der Waals surface area contributed by atoms with Crippen molar-refractivity contribution >= 4 is 34.2 Å². The molecule has 0 fully saturated rings. The number of alkyl halides is 2. The van der Waals surface area contributed by atoms with E-state index in [2.05, 4.69) is 4.74 Å². The SMILES string of the molecule is FC(F)Oc1cccc(I)c1Cl. The third-order valence-corrected chi connectivity index (χ3v) is 2.74. The molecule has 1 aromatic rings. The minimum absolute atomic E-state index is 0.0126. The minimum atomic E-state index is -2.83. The topological polar surface area (TPSA) is 9.23 Å². The Bertz CT molecular complexity index is 280. The second-order valence-electron chi connectivity index (χ2n) is 1.93. The van der Waals surface area contributed by atoms with Crippen LogP contribution in [0.4, 0.5) is 8.78 Å². The number of benzene rings is 1. The normalized spacial score (nSPS) is 10.4. The zero-order chi connectivity index (χ0) is 9.14. The zero-order valence-electron chi connectivity index (χ0n) is 5.73. The Kier molecular flexibility index (Phi) is 3.52. The van der Waals surface area contributed by atoms with Crippen molar-refractivity contribution in [2.45, 2.75) is 6.61 Å². The zero-order valence-corrected chi connectivity index (χ0v) is 8.64. The van der Waals surface area contributed by atoms with Crippen LogP contribution in [-0.2, 0) is 0 Å². The molecule has 0 aliphatic carbocycles. The van der Waals surface area contributed by atoms with E-state index >= 15 is 0 Å². The molecule has 0 unspecified atom stereocenters. The van der Waals surface area contributed by atoms with Gasteiger partial charge in [-0.05, 0) is 34.7 Å². The third kappa shape index (κ3) is 2.45. The van der Waals surface area contributed by atoms with E-state index in [0.29, 0.717) is 3.57 Å². The Morgan fingerprint density at radius 2 is 2.08 bits per heavy atom. The van der Waals surface area contributed by atoms with Gasteiger partial charge in [-0.25, -0.2) is 0 Å². The van der Waals surface area contributed by atoms with Crippen molar-refractivity contribution in [1.82, 2.24) is 0 Å². The lowest BCUT2D eigenvalue weighted by Gasteiger charge is -2.06. The van der Waals surface area contributed by atoms with E-state index < -0.39 is 6.61 Å². The Morgan fingerprint density at radius 1 is 1.42 bits per heavy atom. The highest BCUT2D eigenvalue weighted by Crippen LogP contribution is 2.29. The van der Waals surface area contributed by atoms with E-state index in [1.165, 1.54) is 6.07 Å². The molecule has 5 heteroatoms. The van der Waals surface area contributed by atoms with Gasteiger partial charge in [-0.15, -0.1) is 0 Å². The Balaban J connectivity index is 2.92. The second-order valence-corrected chi connectivity index (χ2v) is 3.47. The van der Waals surface area contributed by atoms with Crippen molar-refractivity contribution in [3.05, 3.63) is 26.8 Å². The van der Waals surface area contributed by atoms with Crippen LogP contribution in [-0.4, -0.2) is 6.61 Å². The van der Waals surface area contributed by atoms with Crippen molar-refractivity contribution in [2.24, 2.45) is 0 Å². The molecule has 0 saturated heterocycles. The van der Waals surface area contributed by atoms with E-state index in [0.717, 1.165) is 0 Å². The van der Waals surface area contributed by atoms with Gasteiger partial charge >= 0.3 is 6.61 Å². The molecule has 0 spiro atoms. The molecule has 0 aromatic heterocycles. The molecule has 0 aliphatic heterocycles. The lowest BCUT2D eigenvalue weighted by molar-refractivity contribution is -0.0498. The fourth-order valence-corrected chi connectivity index (χ4v) is 1.31. The van der Waals surface area contributed by atoms with Crippen LogP contribution in [0.15, 0.2) is 18.2 Å². The van der Waals surface area contributed by atoms with Crippen LogP contribution in [0.3, 0.4) is 0 Å². The molecule has 1 aromatic carbocycles. The smallest absolute Gasteiger partial charge is 0.387 e. The summed E-state index contributed by atoms with van der Waals surface area (Å²) in [5.41, 5.74) is 0. The number of hydrogen-bond donors (Lipinski definition) is 0. The largest absolute Gasteiger partial charge is 0.433 e. The third-order valence-electron chi connectivity index (χ3n) is 1.13. The second kappa shape index (κ2) is 4.23. The molecule has 0 radical (unpaired) electrons. The maximum absolute atomic E-state index is 11.7. The molecule has 0 amide bonds. The highest BCUT2D eigenvalue weighted by atomic mass is 127. The Hall–Kier alpha value is -0.100. The first kappa shape index (κ1) is 9.98.